The molecule has 0 bridgehead atoms. The van der Waals surface area contributed by atoms with E-state index < -0.39 is 28.6 Å². The van der Waals surface area contributed by atoms with Crippen LogP contribution in [0.5, 0.6) is 11.5 Å². The van der Waals surface area contributed by atoms with E-state index in [2.05, 4.69) is 5.32 Å². The Morgan fingerprint density at radius 3 is 2.24 bits per heavy atom. The lowest BCUT2D eigenvalue weighted by molar-refractivity contribution is -0.120. The van der Waals surface area contributed by atoms with E-state index in [0.29, 0.717) is 17.0 Å². The van der Waals surface area contributed by atoms with Crippen LogP contribution in [-0.4, -0.2) is 46.7 Å². The SMILES string of the molecule is COc1ccc(S(=O)(=O)N(CC(=O)NC[C@@H](O)c2ccccc2)c2ccc(C)cc2)cc1OC. The lowest BCUT2D eigenvalue weighted by atomic mass is 10.1. The quantitative estimate of drug-likeness (QED) is 0.458. The Labute approximate surface area is 199 Å². The highest BCUT2D eigenvalue weighted by Crippen LogP contribution is 2.32. The van der Waals surface area contributed by atoms with Gasteiger partial charge in [0.2, 0.25) is 5.91 Å². The molecule has 0 saturated carbocycles. The predicted octanol–water partition coefficient (Wildman–Crippen LogP) is 3.06. The van der Waals surface area contributed by atoms with Gasteiger partial charge in [-0.05, 0) is 36.8 Å². The van der Waals surface area contributed by atoms with E-state index in [1.807, 2.05) is 13.0 Å². The Balaban J connectivity index is 1.87. The molecular formula is C25H28N2O6S. The Morgan fingerprint density at radius 1 is 0.971 bits per heavy atom. The van der Waals surface area contributed by atoms with E-state index >= 15 is 0 Å². The monoisotopic (exact) mass is 484 g/mol. The number of carbonyl (C=O) groups excluding carboxylic acids is 1. The summed E-state index contributed by atoms with van der Waals surface area (Å²) in [6, 6.07) is 20.0. The van der Waals surface area contributed by atoms with Gasteiger partial charge in [0.15, 0.2) is 11.5 Å². The van der Waals surface area contributed by atoms with Crippen molar-refractivity contribution in [1.29, 1.82) is 0 Å². The Hall–Kier alpha value is -3.56. The Bertz CT molecular complexity index is 1210. The van der Waals surface area contributed by atoms with Crippen molar-refractivity contribution in [3.05, 3.63) is 83.9 Å². The average Bonchev–Trinajstić information content (AvgIpc) is 2.86. The zero-order chi connectivity index (χ0) is 24.7. The zero-order valence-electron chi connectivity index (χ0n) is 19.3. The summed E-state index contributed by atoms with van der Waals surface area (Å²) >= 11 is 0. The third-order valence-corrected chi connectivity index (χ3v) is 7.00. The predicted molar refractivity (Wildman–Crippen MR) is 130 cm³/mol. The van der Waals surface area contributed by atoms with Crippen molar-refractivity contribution in [3.63, 3.8) is 0 Å². The molecule has 0 spiro atoms. The molecule has 0 aromatic heterocycles. The first kappa shape index (κ1) is 25.1. The highest BCUT2D eigenvalue weighted by atomic mass is 32.2. The molecule has 3 aromatic carbocycles. The molecule has 0 unspecified atom stereocenters. The van der Waals surface area contributed by atoms with Crippen molar-refractivity contribution in [1.82, 2.24) is 5.32 Å². The van der Waals surface area contributed by atoms with Crippen LogP contribution < -0.4 is 19.1 Å². The van der Waals surface area contributed by atoms with Crippen molar-refractivity contribution in [2.24, 2.45) is 0 Å². The molecule has 3 rings (SSSR count). The number of benzene rings is 3. The summed E-state index contributed by atoms with van der Waals surface area (Å²) in [4.78, 5) is 12.7. The van der Waals surface area contributed by atoms with Gasteiger partial charge in [0, 0.05) is 12.6 Å². The fourth-order valence-electron chi connectivity index (χ4n) is 3.32. The summed E-state index contributed by atoms with van der Waals surface area (Å²) in [6.07, 6.45) is -0.916. The smallest absolute Gasteiger partial charge is 0.264 e. The second-order valence-corrected chi connectivity index (χ2v) is 9.46. The molecule has 0 aliphatic carbocycles. The Kier molecular flexibility index (Phi) is 8.14. The first-order valence-corrected chi connectivity index (χ1v) is 12.0. The zero-order valence-corrected chi connectivity index (χ0v) is 20.1. The van der Waals surface area contributed by atoms with E-state index in [1.165, 1.54) is 32.4 Å². The van der Waals surface area contributed by atoms with Gasteiger partial charge in [-0.1, -0.05) is 48.0 Å². The molecule has 2 N–H and O–H groups in total. The number of amides is 1. The number of aliphatic hydroxyl groups excluding tert-OH is 1. The summed E-state index contributed by atoms with van der Waals surface area (Å²) in [6.45, 7) is 1.36. The second kappa shape index (κ2) is 11.0. The minimum atomic E-state index is -4.14. The largest absolute Gasteiger partial charge is 0.493 e. The fourth-order valence-corrected chi connectivity index (χ4v) is 4.76. The number of nitrogens with zero attached hydrogens (tertiary/aromatic N) is 1. The van der Waals surface area contributed by atoms with Gasteiger partial charge in [0.25, 0.3) is 10.0 Å². The van der Waals surface area contributed by atoms with Crippen LogP contribution >= 0.6 is 0 Å². The van der Waals surface area contributed by atoms with E-state index in [0.717, 1.165) is 9.87 Å². The van der Waals surface area contributed by atoms with Crippen LogP contribution in [0.25, 0.3) is 0 Å². The number of anilines is 1. The number of hydrogen-bond donors (Lipinski definition) is 2. The highest BCUT2D eigenvalue weighted by Gasteiger charge is 2.28. The number of sulfonamides is 1. The van der Waals surface area contributed by atoms with Crippen molar-refractivity contribution in [3.8, 4) is 11.5 Å². The molecular weight excluding hydrogens is 456 g/mol. The highest BCUT2D eigenvalue weighted by molar-refractivity contribution is 7.92. The topological polar surface area (TPSA) is 105 Å². The molecule has 0 radical (unpaired) electrons. The first-order valence-electron chi connectivity index (χ1n) is 10.6. The van der Waals surface area contributed by atoms with Crippen LogP contribution in [-0.2, 0) is 14.8 Å². The van der Waals surface area contributed by atoms with Crippen molar-refractivity contribution in [2.45, 2.75) is 17.9 Å². The summed E-state index contributed by atoms with van der Waals surface area (Å²) in [5, 5.41) is 12.9. The number of rotatable bonds is 10. The van der Waals surface area contributed by atoms with Crippen molar-refractivity contribution < 1.29 is 27.8 Å². The van der Waals surface area contributed by atoms with Gasteiger partial charge >= 0.3 is 0 Å². The molecule has 3 aromatic rings. The molecule has 0 fully saturated rings. The van der Waals surface area contributed by atoms with Gasteiger partial charge in [-0.15, -0.1) is 0 Å². The molecule has 0 aliphatic heterocycles. The maximum absolute atomic E-state index is 13.6. The Morgan fingerprint density at radius 2 is 1.62 bits per heavy atom. The number of methoxy groups -OCH3 is 2. The van der Waals surface area contributed by atoms with Gasteiger partial charge in [-0.3, -0.25) is 9.10 Å². The minimum Gasteiger partial charge on any atom is -0.493 e. The normalized spacial score (nSPS) is 12.0. The fraction of sp³-hybridized carbons (Fsp3) is 0.240. The third-order valence-electron chi connectivity index (χ3n) is 5.23. The van der Waals surface area contributed by atoms with E-state index in [1.54, 1.807) is 48.5 Å². The van der Waals surface area contributed by atoms with Gasteiger partial charge < -0.3 is 19.9 Å². The number of hydrogen-bond acceptors (Lipinski definition) is 6. The minimum absolute atomic E-state index is 0.0529. The number of aliphatic hydroxyl groups is 1. The average molecular weight is 485 g/mol. The van der Waals surface area contributed by atoms with E-state index in [-0.39, 0.29) is 17.2 Å². The molecule has 34 heavy (non-hydrogen) atoms. The van der Waals surface area contributed by atoms with Crippen LogP contribution in [0.3, 0.4) is 0 Å². The van der Waals surface area contributed by atoms with E-state index in [4.69, 9.17) is 9.47 Å². The molecule has 1 amide bonds. The molecule has 180 valence electrons. The summed E-state index contributed by atoms with van der Waals surface area (Å²) in [5.41, 5.74) is 1.93. The van der Waals surface area contributed by atoms with Crippen LogP contribution in [0.4, 0.5) is 5.69 Å². The van der Waals surface area contributed by atoms with Crippen LogP contribution in [0.1, 0.15) is 17.2 Å². The summed E-state index contributed by atoms with van der Waals surface area (Å²) in [5.74, 6) is 0.0819. The lowest BCUT2D eigenvalue weighted by Gasteiger charge is -2.25. The van der Waals surface area contributed by atoms with Crippen LogP contribution in [0.15, 0.2) is 77.7 Å². The number of nitrogens with one attached hydrogen (secondary N) is 1. The number of carbonyl (C=O) groups is 1. The van der Waals surface area contributed by atoms with Crippen molar-refractivity contribution in [2.75, 3.05) is 31.6 Å². The van der Waals surface area contributed by atoms with Gasteiger partial charge in [0.1, 0.15) is 6.54 Å². The number of ether oxygens (including phenoxy) is 2. The molecule has 0 heterocycles. The standard InChI is InChI=1S/C25H28N2O6S/c1-18-9-11-20(12-10-18)27(17-25(29)26-16-22(28)19-7-5-4-6-8-19)34(30,31)21-13-14-23(32-2)24(15-21)33-3/h4-15,22,28H,16-17H2,1-3H3,(H,26,29)/t22-/m1/s1. The summed E-state index contributed by atoms with van der Waals surface area (Å²) in [7, 11) is -1.26. The van der Waals surface area contributed by atoms with Gasteiger partial charge in [-0.2, -0.15) is 0 Å². The molecule has 0 aliphatic rings. The molecule has 0 saturated heterocycles. The summed E-state index contributed by atoms with van der Waals surface area (Å²) < 4.78 is 38.6. The molecule has 9 heteroatoms. The van der Waals surface area contributed by atoms with E-state index in [9.17, 15) is 18.3 Å². The second-order valence-electron chi connectivity index (χ2n) is 7.59. The first-order chi connectivity index (χ1) is 16.3. The molecule has 8 nitrogen and oxygen atoms in total. The van der Waals surface area contributed by atoms with Gasteiger partial charge in [0.05, 0.1) is 30.9 Å². The third kappa shape index (κ3) is 5.86. The maximum Gasteiger partial charge on any atom is 0.264 e. The molecule has 1 atom stereocenters. The van der Waals surface area contributed by atoms with Crippen LogP contribution in [0, 0.1) is 6.92 Å². The van der Waals surface area contributed by atoms with Crippen LogP contribution in [0.2, 0.25) is 0 Å². The van der Waals surface area contributed by atoms with Crippen molar-refractivity contribution >= 4 is 21.6 Å². The van der Waals surface area contributed by atoms with Gasteiger partial charge in [-0.25, -0.2) is 8.42 Å². The number of aryl methyl sites for hydroxylation is 1. The lowest BCUT2D eigenvalue weighted by Crippen LogP contribution is -2.42. The maximum atomic E-state index is 13.6.